The van der Waals surface area contributed by atoms with E-state index in [1.165, 1.54) is 0 Å². The highest BCUT2D eigenvalue weighted by Gasteiger charge is 2.23. The van der Waals surface area contributed by atoms with E-state index in [0.717, 1.165) is 18.8 Å². The van der Waals surface area contributed by atoms with Crippen LogP contribution in [-0.2, 0) is 4.74 Å². The Balaban J connectivity index is 2.43. The second-order valence-electron chi connectivity index (χ2n) is 3.28. The van der Waals surface area contributed by atoms with Crippen molar-refractivity contribution in [3.05, 3.63) is 0 Å². The van der Waals surface area contributed by atoms with Crippen molar-refractivity contribution < 1.29 is 4.74 Å². The summed E-state index contributed by atoms with van der Waals surface area (Å²) >= 11 is 1.98. The summed E-state index contributed by atoms with van der Waals surface area (Å²) in [5.74, 6) is 1.13. The first kappa shape index (κ1) is 10.8. The van der Waals surface area contributed by atoms with Gasteiger partial charge in [-0.15, -0.1) is 0 Å². The number of nitrogens with zero attached hydrogens (tertiary/aromatic N) is 2. The molecule has 2 atom stereocenters. The number of ether oxygens (including phenoxy) is 1. The molecule has 0 amide bonds. The van der Waals surface area contributed by atoms with Crippen LogP contribution in [0.5, 0.6) is 0 Å². The molecule has 0 saturated carbocycles. The number of hydrogen-bond acceptors (Lipinski definition) is 4. The van der Waals surface area contributed by atoms with Crippen LogP contribution in [0.25, 0.3) is 0 Å². The lowest BCUT2D eigenvalue weighted by Gasteiger charge is -2.33. The minimum absolute atomic E-state index is 0.0617. The molecule has 13 heavy (non-hydrogen) atoms. The fraction of sp³-hybridized carbons (Fsp3) is 0.889. The van der Waals surface area contributed by atoms with Crippen LogP contribution < -0.4 is 0 Å². The van der Waals surface area contributed by atoms with Gasteiger partial charge >= 0.3 is 0 Å². The molecule has 0 N–H and O–H groups in total. The maximum absolute atomic E-state index is 8.92. The van der Waals surface area contributed by atoms with E-state index < -0.39 is 0 Å². The maximum atomic E-state index is 8.92. The molecule has 74 valence electrons. The molecular weight excluding hydrogens is 184 g/mol. The fourth-order valence-electron chi connectivity index (χ4n) is 1.51. The Morgan fingerprint density at radius 2 is 2.54 bits per heavy atom. The molecule has 1 aliphatic rings. The standard InChI is InChI=1S/C9H16N2OS/c1-8-6-11(3-4-13-8)9(5-10)7-12-2/h8-9H,3-4,6-7H2,1-2H3. The van der Waals surface area contributed by atoms with Crippen molar-refractivity contribution >= 4 is 11.8 Å². The quantitative estimate of drug-likeness (QED) is 0.680. The second-order valence-corrected chi connectivity index (χ2v) is 4.82. The molecule has 1 rings (SSSR count). The van der Waals surface area contributed by atoms with Crippen LogP contribution in [0.15, 0.2) is 0 Å². The van der Waals surface area contributed by atoms with Crippen LogP contribution >= 0.6 is 11.8 Å². The third-order valence-corrected chi connectivity index (χ3v) is 3.32. The summed E-state index contributed by atoms with van der Waals surface area (Å²) in [5.41, 5.74) is 0. The van der Waals surface area contributed by atoms with Crippen LogP contribution in [0, 0.1) is 11.3 Å². The molecule has 4 heteroatoms. The summed E-state index contributed by atoms with van der Waals surface area (Å²) in [7, 11) is 1.65. The predicted molar refractivity (Wildman–Crippen MR) is 54.8 cm³/mol. The van der Waals surface area contributed by atoms with Gasteiger partial charge in [0.1, 0.15) is 6.04 Å². The average molecular weight is 200 g/mol. The van der Waals surface area contributed by atoms with E-state index in [4.69, 9.17) is 10.00 Å². The van der Waals surface area contributed by atoms with Gasteiger partial charge in [0.25, 0.3) is 0 Å². The molecule has 2 unspecified atom stereocenters. The van der Waals surface area contributed by atoms with Crippen molar-refractivity contribution in [3.8, 4) is 6.07 Å². The molecule has 0 radical (unpaired) electrons. The largest absolute Gasteiger partial charge is 0.382 e. The molecule has 0 aromatic carbocycles. The third-order valence-electron chi connectivity index (χ3n) is 2.19. The molecule has 0 bridgehead atoms. The first-order valence-corrected chi connectivity index (χ1v) is 5.57. The van der Waals surface area contributed by atoms with Crippen molar-refractivity contribution in [2.24, 2.45) is 0 Å². The molecule has 0 spiro atoms. The van der Waals surface area contributed by atoms with Crippen LogP contribution in [0.2, 0.25) is 0 Å². The molecule has 3 nitrogen and oxygen atoms in total. The van der Waals surface area contributed by atoms with Crippen molar-refractivity contribution in [1.29, 1.82) is 5.26 Å². The lowest BCUT2D eigenvalue weighted by Crippen LogP contribution is -2.45. The third kappa shape index (κ3) is 3.18. The number of rotatable bonds is 3. The van der Waals surface area contributed by atoms with Gasteiger partial charge < -0.3 is 4.74 Å². The van der Waals surface area contributed by atoms with Gasteiger partial charge in [-0.25, -0.2) is 0 Å². The molecule has 1 aliphatic heterocycles. The lowest BCUT2D eigenvalue weighted by molar-refractivity contribution is 0.119. The number of hydrogen-bond donors (Lipinski definition) is 0. The minimum Gasteiger partial charge on any atom is -0.382 e. The normalized spacial score (nSPS) is 26.7. The smallest absolute Gasteiger partial charge is 0.121 e. The predicted octanol–water partition coefficient (Wildman–Crippen LogP) is 0.962. The van der Waals surface area contributed by atoms with E-state index in [-0.39, 0.29) is 6.04 Å². The van der Waals surface area contributed by atoms with E-state index in [0.29, 0.717) is 11.9 Å². The van der Waals surface area contributed by atoms with Gasteiger partial charge in [-0.05, 0) is 0 Å². The van der Waals surface area contributed by atoms with E-state index in [1.807, 2.05) is 11.8 Å². The Labute approximate surface area is 84.0 Å². The molecule has 1 fully saturated rings. The van der Waals surface area contributed by atoms with E-state index >= 15 is 0 Å². The average Bonchev–Trinajstić information content (AvgIpc) is 2.14. The Morgan fingerprint density at radius 1 is 1.77 bits per heavy atom. The zero-order chi connectivity index (χ0) is 9.68. The second kappa shape index (κ2) is 5.48. The highest BCUT2D eigenvalue weighted by atomic mass is 32.2. The zero-order valence-electron chi connectivity index (χ0n) is 8.19. The molecule has 1 saturated heterocycles. The molecule has 0 aliphatic carbocycles. The Morgan fingerprint density at radius 3 is 3.08 bits per heavy atom. The van der Waals surface area contributed by atoms with Crippen molar-refractivity contribution in [2.75, 3.05) is 32.6 Å². The Hall–Kier alpha value is -0.240. The van der Waals surface area contributed by atoms with Gasteiger partial charge in [0.2, 0.25) is 0 Å². The molecule has 1 heterocycles. The van der Waals surface area contributed by atoms with Gasteiger partial charge in [-0.3, -0.25) is 4.90 Å². The molecule has 0 aromatic heterocycles. The summed E-state index contributed by atoms with van der Waals surface area (Å²) < 4.78 is 5.01. The SMILES string of the molecule is COCC(C#N)N1CCSC(C)C1. The van der Waals surface area contributed by atoms with Crippen molar-refractivity contribution in [1.82, 2.24) is 4.90 Å². The van der Waals surface area contributed by atoms with Crippen LogP contribution in [0.3, 0.4) is 0 Å². The molecular formula is C9H16N2OS. The van der Waals surface area contributed by atoms with Crippen molar-refractivity contribution in [3.63, 3.8) is 0 Å². The van der Waals surface area contributed by atoms with Crippen LogP contribution in [0.1, 0.15) is 6.92 Å². The summed E-state index contributed by atoms with van der Waals surface area (Å²) in [6, 6.07) is 2.22. The first-order valence-electron chi connectivity index (χ1n) is 4.52. The summed E-state index contributed by atoms with van der Waals surface area (Å²) in [6.07, 6.45) is 0. The highest BCUT2D eigenvalue weighted by Crippen LogP contribution is 2.19. The van der Waals surface area contributed by atoms with Gasteiger partial charge in [-0.1, -0.05) is 6.92 Å². The minimum atomic E-state index is -0.0617. The topological polar surface area (TPSA) is 36.3 Å². The lowest BCUT2D eigenvalue weighted by atomic mass is 10.2. The van der Waals surface area contributed by atoms with Crippen LogP contribution in [-0.4, -0.2) is 48.8 Å². The number of methoxy groups -OCH3 is 1. The summed E-state index contributed by atoms with van der Waals surface area (Å²) in [5, 5.41) is 9.56. The zero-order valence-corrected chi connectivity index (χ0v) is 9.01. The van der Waals surface area contributed by atoms with E-state index in [2.05, 4.69) is 17.9 Å². The fourth-order valence-corrected chi connectivity index (χ4v) is 2.55. The number of thioether (sulfide) groups is 1. The van der Waals surface area contributed by atoms with Gasteiger partial charge in [0, 0.05) is 31.2 Å². The maximum Gasteiger partial charge on any atom is 0.121 e. The van der Waals surface area contributed by atoms with Crippen molar-refractivity contribution in [2.45, 2.75) is 18.2 Å². The van der Waals surface area contributed by atoms with E-state index in [9.17, 15) is 0 Å². The van der Waals surface area contributed by atoms with Crippen LogP contribution in [0.4, 0.5) is 0 Å². The van der Waals surface area contributed by atoms with E-state index in [1.54, 1.807) is 7.11 Å². The molecule has 0 aromatic rings. The highest BCUT2D eigenvalue weighted by molar-refractivity contribution is 7.99. The number of nitriles is 1. The van der Waals surface area contributed by atoms with Gasteiger partial charge in [0.05, 0.1) is 12.7 Å². The van der Waals surface area contributed by atoms with Gasteiger partial charge in [0.15, 0.2) is 0 Å². The van der Waals surface area contributed by atoms with Gasteiger partial charge in [-0.2, -0.15) is 17.0 Å². The Kier molecular flexibility index (Phi) is 4.57. The summed E-state index contributed by atoms with van der Waals surface area (Å²) in [6.45, 7) is 4.74. The Bertz CT molecular complexity index is 193. The summed E-state index contributed by atoms with van der Waals surface area (Å²) in [4.78, 5) is 2.21. The first-order chi connectivity index (χ1) is 6.27. The monoisotopic (exact) mass is 200 g/mol.